The minimum absolute atomic E-state index is 0.313. The maximum atomic E-state index is 6.25. The molecule has 1 spiro atoms. The van der Waals surface area contributed by atoms with Crippen molar-refractivity contribution in [1.29, 1.82) is 0 Å². The molecule has 0 N–H and O–H groups in total. The van der Waals surface area contributed by atoms with Gasteiger partial charge in [-0.1, -0.05) is 0 Å². The van der Waals surface area contributed by atoms with Crippen LogP contribution in [0.1, 0.15) is 11.5 Å². The molecule has 25 heavy (non-hydrogen) atoms. The van der Waals surface area contributed by atoms with E-state index in [1.165, 1.54) is 0 Å². The van der Waals surface area contributed by atoms with Crippen LogP contribution in [0.5, 0.6) is 0 Å². The zero-order chi connectivity index (χ0) is 17.1. The SMILES string of the molecule is Cc1ccc(CN2CCO[C@@]3(COCCN(c4cccnc4)C3)C2)o1. The number of morpholine rings is 1. The average molecular weight is 343 g/mol. The van der Waals surface area contributed by atoms with E-state index < -0.39 is 0 Å². The Balaban J connectivity index is 1.48. The van der Waals surface area contributed by atoms with Crippen LogP contribution >= 0.6 is 0 Å². The van der Waals surface area contributed by atoms with E-state index in [-0.39, 0.29) is 5.60 Å². The molecule has 4 rings (SSSR count). The van der Waals surface area contributed by atoms with E-state index in [1.807, 2.05) is 25.3 Å². The van der Waals surface area contributed by atoms with E-state index in [2.05, 4.69) is 26.9 Å². The number of nitrogens with zero attached hydrogens (tertiary/aromatic N) is 3. The van der Waals surface area contributed by atoms with Crippen LogP contribution in [-0.2, 0) is 16.0 Å². The highest BCUT2D eigenvalue weighted by atomic mass is 16.5. The Morgan fingerprint density at radius 2 is 2.12 bits per heavy atom. The van der Waals surface area contributed by atoms with Crippen molar-refractivity contribution < 1.29 is 13.9 Å². The summed E-state index contributed by atoms with van der Waals surface area (Å²) in [4.78, 5) is 8.97. The van der Waals surface area contributed by atoms with Crippen molar-refractivity contribution in [2.75, 3.05) is 50.9 Å². The van der Waals surface area contributed by atoms with Crippen molar-refractivity contribution in [3.05, 3.63) is 48.2 Å². The lowest BCUT2D eigenvalue weighted by molar-refractivity contribution is -0.134. The van der Waals surface area contributed by atoms with E-state index in [0.717, 1.165) is 49.9 Å². The molecule has 2 aromatic heterocycles. The number of rotatable bonds is 3. The Labute approximate surface area is 148 Å². The second kappa shape index (κ2) is 7.15. The first kappa shape index (κ1) is 16.6. The van der Waals surface area contributed by atoms with Crippen molar-refractivity contribution in [2.45, 2.75) is 19.1 Å². The fourth-order valence-electron chi connectivity index (χ4n) is 3.70. The van der Waals surface area contributed by atoms with Gasteiger partial charge in [0, 0.05) is 25.8 Å². The molecule has 6 nitrogen and oxygen atoms in total. The first-order chi connectivity index (χ1) is 12.2. The number of aryl methyl sites for hydroxylation is 1. The lowest BCUT2D eigenvalue weighted by atomic mass is 10.0. The smallest absolute Gasteiger partial charge is 0.121 e. The highest BCUT2D eigenvalue weighted by Gasteiger charge is 2.40. The van der Waals surface area contributed by atoms with Crippen LogP contribution in [-0.4, -0.2) is 61.5 Å². The molecule has 2 fully saturated rings. The molecule has 0 aromatic carbocycles. The van der Waals surface area contributed by atoms with Gasteiger partial charge in [0.1, 0.15) is 17.1 Å². The molecule has 0 aliphatic carbocycles. The third-order valence-electron chi connectivity index (χ3n) is 4.86. The number of anilines is 1. The summed E-state index contributed by atoms with van der Waals surface area (Å²) >= 11 is 0. The van der Waals surface area contributed by atoms with Gasteiger partial charge in [-0.3, -0.25) is 9.88 Å². The van der Waals surface area contributed by atoms with E-state index in [9.17, 15) is 0 Å². The number of hydrogen-bond acceptors (Lipinski definition) is 6. The maximum Gasteiger partial charge on any atom is 0.121 e. The summed E-state index contributed by atoms with van der Waals surface area (Å²) in [6.45, 7) is 8.25. The molecule has 0 unspecified atom stereocenters. The van der Waals surface area contributed by atoms with Crippen LogP contribution in [0, 0.1) is 6.92 Å². The van der Waals surface area contributed by atoms with Gasteiger partial charge in [0.2, 0.25) is 0 Å². The minimum atomic E-state index is -0.313. The molecule has 2 saturated heterocycles. The molecule has 134 valence electrons. The third kappa shape index (κ3) is 3.86. The number of furan rings is 1. The molecular weight excluding hydrogens is 318 g/mol. The van der Waals surface area contributed by atoms with Crippen LogP contribution in [0.2, 0.25) is 0 Å². The molecule has 1 atom stereocenters. The normalized spacial score (nSPS) is 25.2. The second-order valence-corrected chi connectivity index (χ2v) is 6.94. The van der Waals surface area contributed by atoms with Gasteiger partial charge in [0.15, 0.2) is 0 Å². The summed E-state index contributed by atoms with van der Waals surface area (Å²) in [5, 5.41) is 0. The van der Waals surface area contributed by atoms with Crippen LogP contribution in [0.3, 0.4) is 0 Å². The Kier molecular flexibility index (Phi) is 4.74. The van der Waals surface area contributed by atoms with Crippen LogP contribution in [0.4, 0.5) is 5.69 Å². The van der Waals surface area contributed by atoms with Gasteiger partial charge in [0.05, 0.1) is 44.8 Å². The van der Waals surface area contributed by atoms with Gasteiger partial charge < -0.3 is 18.8 Å². The fourth-order valence-corrected chi connectivity index (χ4v) is 3.70. The quantitative estimate of drug-likeness (QED) is 0.851. The summed E-state index contributed by atoms with van der Waals surface area (Å²) in [6.07, 6.45) is 3.71. The average Bonchev–Trinajstić information content (AvgIpc) is 2.92. The zero-order valence-corrected chi connectivity index (χ0v) is 14.7. The largest absolute Gasteiger partial charge is 0.465 e. The van der Waals surface area contributed by atoms with E-state index >= 15 is 0 Å². The van der Waals surface area contributed by atoms with Crippen LogP contribution < -0.4 is 4.90 Å². The first-order valence-corrected chi connectivity index (χ1v) is 8.87. The molecule has 0 amide bonds. The summed E-state index contributed by atoms with van der Waals surface area (Å²) in [6, 6.07) is 8.15. The van der Waals surface area contributed by atoms with Gasteiger partial charge in [-0.25, -0.2) is 0 Å². The summed E-state index contributed by atoms with van der Waals surface area (Å²) < 4.78 is 17.9. The van der Waals surface area contributed by atoms with E-state index in [0.29, 0.717) is 19.8 Å². The number of pyridine rings is 1. The standard InChI is InChI=1S/C19H25N3O3/c1-16-4-5-18(25-16)12-21-7-10-24-19(13-21)14-22(8-9-23-15-19)17-3-2-6-20-11-17/h2-6,11H,7-10,12-15H2,1H3/t19-/m0/s1. The highest BCUT2D eigenvalue weighted by molar-refractivity contribution is 5.44. The van der Waals surface area contributed by atoms with Gasteiger partial charge >= 0.3 is 0 Å². The van der Waals surface area contributed by atoms with E-state index in [4.69, 9.17) is 13.9 Å². The lowest BCUT2D eigenvalue weighted by Crippen LogP contribution is -2.58. The van der Waals surface area contributed by atoms with Crippen molar-refractivity contribution in [1.82, 2.24) is 9.88 Å². The number of hydrogen-bond donors (Lipinski definition) is 0. The molecule has 0 saturated carbocycles. The number of aromatic nitrogens is 1. The summed E-state index contributed by atoms with van der Waals surface area (Å²) in [5.74, 6) is 1.96. The predicted octanol–water partition coefficient (Wildman–Crippen LogP) is 2.09. The number of ether oxygens (including phenoxy) is 2. The van der Waals surface area contributed by atoms with Crippen molar-refractivity contribution in [3.63, 3.8) is 0 Å². The van der Waals surface area contributed by atoms with Crippen molar-refractivity contribution >= 4 is 5.69 Å². The zero-order valence-electron chi connectivity index (χ0n) is 14.7. The van der Waals surface area contributed by atoms with Gasteiger partial charge in [0.25, 0.3) is 0 Å². The van der Waals surface area contributed by atoms with Crippen molar-refractivity contribution in [3.8, 4) is 0 Å². The van der Waals surface area contributed by atoms with E-state index in [1.54, 1.807) is 6.20 Å². The second-order valence-electron chi connectivity index (χ2n) is 6.94. The van der Waals surface area contributed by atoms with Gasteiger partial charge in [-0.15, -0.1) is 0 Å². The first-order valence-electron chi connectivity index (χ1n) is 8.87. The van der Waals surface area contributed by atoms with Crippen molar-refractivity contribution in [2.24, 2.45) is 0 Å². The fraction of sp³-hybridized carbons (Fsp3) is 0.526. The Bertz CT molecular complexity index is 690. The Morgan fingerprint density at radius 3 is 2.92 bits per heavy atom. The molecule has 2 aliphatic rings. The maximum absolute atomic E-state index is 6.25. The molecule has 2 aromatic rings. The third-order valence-corrected chi connectivity index (χ3v) is 4.86. The molecule has 6 heteroatoms. The molecule has 0 radical (unpaired) electrons. The van der Waals surface area contributed by atoms with Gasteiger partial charge in [-0.05, 0) is 31.2 Å². The molecule has 4 heterocycles. The molecular formula is C19H25N3O3. The highest BCUT2D eigenvalue weighted by Crippen LogP contribution is 2.26. The van der Waals surface area contributed by atoms with Gasteiger partial charge in [-0.2, -0.15) is 0 Å². The Morgan fingerprint density at radius 1 is 1.16 bits per heavy atom. The monoisotopic (exact) mass is 343 g/mol. The summed E-state index contributed by atoms with van der Waals surface area (Å²) in [5.41, 5.74) is 0.807. The van der Waals surface area contributed by atoms with Crippen LogP contribution in [0.15, 0.2) is 41.1 Å². The molecule has 2 aliphatic heterocycles. The van der Waals surface area contributed by atoms with Crippen LogP contribution in [0.25, 0.3) is 0 Å². The minimum Gasteiger partial charge on any atom is -0.465 e. The lowest BCUT2D eigenvalue weighted by Gasteiger charge is -2.43. The summed E-state index contributed by atoms with van der Waals surface area (Å²) in [7, 11) is 0. The topological polar surface area (TPSA) is 51.0 Å². The Hall–Kier alpha value is -1.89. The molecule has 0 bridgehead atoms. The predicted molar refractivity (Wildman–Crippen MR) is 94.7 cm³/mol.